The number of amides is 1. The lowest BCUT2D eigenvalue weighted by molar-refractivity contribution is -0.132. The number of nitrogens with zero attached hydrogens (tertiary/aromatic N) is 2. The quantitative estimate of drug-likeness (QED) is 0.613. The number of rotatable bonds is 6. The van der Waals surface area contributed by atoms with Crippen LogP contribution in [0, 0.1) is 5.82 Å². The van der Waals surface area contributed by atoms with Crippen LogP contribution in [-0.4, -0.2) is 33.4 Å². The highest BCUT2D eigenvalue weighted by Crippen LogP contribution is 2.37. The van der Waals surface area contributed by atoms with Gasteiger partial charge in [-0.25, -0.2) is 14.2 Å². The standard InChI is InChI=1S/C23H21FN2O4S/c1-2-21(27)26-10-9-14-5-8-17(30-12-20-25-19(13-31-20)23(28)29)11-18(14)22(26)15-3-6-16(24)7-4-15/h3-8,11,13,22H,2,9-10,12H2,1H3,(H,28,29). The van der Waals surface area contributed by atoms with Gasteiger partial charge < -0.3 is 14.7 Å². The minimum Gasteiger partial charge on any atom is -0.486 e. The molecule has 8 heteroatoms. The van der Waals surface area contributed by atoms with Crippen LogP contribution in [0.3, 0.4) is 0 Å². The zero-order valence-electron chi connectivity index (χ0n) is 16.9. The number of aromatic nitrogens is 1. The van der Waals surface area contributed by atoms with Gasteiger partial charge in [0.25, 0.3) is 0 Å². The number of carbonyl (C=O) groups excluding carboxylic acids is 1. The highest BCUT2D eigenvalue weighted by Gasteiger charge is 2.31. The first-order valence-corrected chi connectivity index (χ1v) is 10.8. The van der Waals surface area contributed by atoms with E-state index in [2.05, 4.69) is 4.98 Å². The predicted molar refractivity (Wildman–Crippen MR) is 114 cm³/mol. The minimum atomic E-state index is -1.07. The number of hydrogen-bond donors (Lipinski definition) is 1. The van der Waals surface area contributed by atoms with Crippen LogP contribution in [0.15, 0.2) is 47.8 Å². The summed E-state index contributed by atoms with van der Waals surface area (Å²) in [7, 11) is 0. The molecule has 0 fully saturated rings. The highest BCUT2D eigenvalue weighted by molar-refractivity contribution is 7.09. The van der Waals surface area contributed by atoms with Crippen LogP contribution in [0.1, 0.15) is 51.6 Å². The van der Waals surface area contributed by atoms with Crippen molar-refractivity contribution in [2.24, 2.45) is 0 Å². The van der Waals surface area contributed by atoms with Crippen molar-refractivity contribution < 1.29 is 23.8 Å². The van der Waals surface area contributed by atoms with Gasteiger partial charge in [0.2, 0.25) is 5.91 Å². The minimum absolute atomic E-state index is 0.000801. The number of fused-ring (bicyclic) bond motifs is 1. The van der Waals surface area contributed by atoms with E-state index in [9.17, 15) is 14.0 Å². The van der Waals surface area contributed by atoms with E-state index in [1.807, 2.05) is 30.0 Å². The molecular weight excluding hydrogens is 419 g/mol. The van der Waals surface area contributed by atoms with Crippen molar-refractivity contribution in [3.8, 4) is 5.75 Å². The molecule has 0 saturated heterocycles. The lowest BCUT2D eigenvalue weighted by Gasteiger charge is -2.38. The van der Waals surface area contributed by atoms with Crippen LogP contribution in [0.5, 0.6) is 5.75 Å². The fraction of sp³-hybridized carbons (Fsp3) is 0.261. The molecule has 1 aromatic heterocycles. The molecule has 1 N–H and O–H groups in total. The third kappa shape index (κ3) is 4.44. The monoisotopic (exact) mass is 440 g/mol. The summed E-state index contributed by atoms with van der Waals surface area (Å²) in [4.78, 5) is 29.5. The summed E-state index contributed by atoms with van der Waals surface area (Å²) in [6, 6.07) is 11.7. The first kappa shape index (κ1) is 21.0. The zero-order valence-corrected chi connectivity index (χ0v) is 17.7. The molecule has 2 heterocycles. The van der Waals surface area contributed by atoms with E-state index in [0.29, 0.717) is 23.7 Å². The molecule has 0 spiro atoms. The Kier molecular flexibility index (Phi) is 5.99. The van der Waals surface area contributed by atoms with Crippen LogP contribution in [0.25, 0.3) is 0 Å². The molecule has 0 radical (unpaired) electrons. The van der Waals surface area contributed by atoms with Gasteiger partial charge >= 0.3 is 5.97 Å². The number of carboxylic acid groups (broad SMARTS) is 1. The summed E-state index contributed by atoms with van der Waals surface area (Å²) in [5.74, 6) is -0.757. The van der Waals surface area contributed by atoms with Crippen molar-refractivity contribution in [2.75, 3.05) is 6.54 Å². The van der Waals surface area contributed by atoms with E-state index in [1.165, 1.54) is 28.8 Å². The molecule has 6 nitrogen and oxygen atoms in total. The van der Waals surface area contributed by atoms with Crippen LogP contribution in [-0.2, 0) is 17.8 Å². The Morgan fingerprint density at radius 3 is 2.71 bits per heavy atom. The van der Waals surface area contributed by atoms with Gasteiger partial charge in [-0.05, 0) is 47.4 Å². The van der Waals surface area contributed by atoms with Gasteiger partial charge in [-0.2, -0.15) is 0 Å². The Balaban J connectivity index is 1.64. The number of carboxylic acids is 1. The second kappa shape index (κ2) is 8.85. The molecule has 3 aromatic rings. The van der Waals surface area contributed by atoms with Crippen molar-refractivity contribution in [1.29, 1.82) is 0 Å². The average Bonchev–Trinajstić information content (AvgIpc) is 3.26. The number of aromatic carboxylic acids is 1. The van der Waals surface area contributed by atoms with Gasteiger partial charge in [-0.15, -0.1) is 11.3 Å². The fourth-order valence-corrected chi connectivity index (χ4v) is 4.46. The van der Waals surface area contributed by atoms with Gasteiger partial charge in [0.15, 0.2) is 5.69 Å². The van der Waals surface area contributed by atoms with Gasteiger partial charge in [0, 0.05) is 18.3 Å². The molecule has 1 aliphatic rings. The van der Waals surface area contributed by atoms with Crippen molar-refractivity contribution in [3.63, 3.8) is 0 Å². The van der Waals surface area contributed by atoms with Crippen LogP contribution < -0.4 is 4.74 Å². The zero-order chi connectivity index (χ0) is 22.0. The van der Waals surface area contributed by atoms with Crippen molar-refractivity contribution in [2.45, 2.75) is 32.4 Å². The van der Waals surface area contributed by atoms with Crippen LogP contribution in [0.2, 0.25) is 0 Å². The summed E-state index contributed by atoms with van der Waals surface area (Å²) in [5.41, 5.74) is 2.90. The molecule has 1 atom stereocenters. The van der Waals surface area contributed by atoms with E-state index in [1.54, 1.807) is 12.1 Å². The smallest absolute Gasteiger partial charge is 0.355 e. The molecule has 2 aromatic carbocycles. The van der Waals surface area contributed by atoms with Crippen molar-refractivity contribution >= 4 is 23.2 Å². The summed E-state index contributed by atoms with van der Waals surface area (Å²) in [6.45, 7) is 2.58. The summed E-state index contributed by atoms with van der Waals surface area (Å²) >= 11 is 1.23. The number of thiazole rings is 1. The first-order chi connectivity index (χ1) is 15.0. The maximum absolute atomic E-state index is 13.5. The number of carbonyl (C=O) groups is 2. The fourth-order valence-electron chi connectivity index (χ4n) is 3.78. The van der Waals surface area contributed by atoms with Gasteiger partial charge in [0.1, 0.15) is 23.2 Å². The van der Waals surface area contributed by atoms with Crippen LogP contribution in [0.4, 0.5) is 4.39 Å². The number of ether oxygens (including phenoxy) is 1. The van der Waals surface area contributed by atoms with Crippen LogP contribution >= 0.6 is 11.3 Å². The lowest BCUT2D eigenvalue weighted by Crippen LogP contribution is -2.40. The van der Waals surface area contributed by atoms with E-state index >= 15 is 0 Å². The molecule has 1 aliphatic heterocycles. The third-order valence-corrected chi connectivity index (χ3v) is 6.11. The number of benzene rings is 2. The van der Waals surface area contributed by atoms with E-state index in [4.69, 9.17) is 9.84 Å². The molecular formula is C23H21FN2O4S. The highest BCUT2D eigenvalue weighted by atomic mass is 32.1. The van der Waals surface area contributed by atoms with Crippen molar-refractivity contribution in [1.82, 2.24) is 9.88 Å². The second-order valence-corrected chi connectivity index (χ2v) is 8.17. The molecule has 1 amide bonds. The Morgan fingerprint density at radius 1 is 1.26 bits per heavy atom. The molecule has 1 unspecified atom stereocenters. The van der Waals surface area contributed by atoms with Gasteiger partial charge in [-0.3, -0.25) is 4.79 Å². The summed E-state index contributed by atoms with van der Waals surface area (Å²) in [6.07, 6.45) is 1.12. The molecule has 0 bridgehead atoms. The van der Waals surface area contributed by atoms with Gasteiger partial charge in [0.05, 0.1) is 6.04 Å². The van der Waals surface area contributed by atoms with Crippen molar-refractivity contribution in [3.05, 3.63) is 81.1 Å². The Bertz CT molecular complexity index is 1110. The van der Waals surface area contributed by atoms with E-state index < -0.39 is 5.97 Å². The molecule has 31 heavy (non-hydrogen) atoms. The van der Waals surface area contributed by atoms with Gasteiger partial charge in [-0.1, -0.05) is 25.1 Å². The normalized spacial score (nSPS) is 15.4. The third-order valence-electron chi connectivity index (χ3n) is 5.29. The molecule has 0 saturated carbocycles. The summed E-state index contributed by atoms with van der Waals surface area (Å²) < 4.78 is 19.4. The maximum Gasteiger partial charge on any atom is 0.355 e. The Labute approximate surface area is 182 Å². The topological polar surface area (TPSA) is 79.7 Å². The molecule has 4 rings (SSSR count). The number of halogens is 1. The SMILES string of the molecule is CCC(=O)N1CCc2ccc(OCc3nc(C(=O)O)cs3)cc2C1c1ccc(F)cc1. The van der Waals surface area contributed by atoms with E-state index in [-0.39, 0.29) is 30.1 Å². The second-order valence-electron chi connectivity index (χ2n) is 7.23. The Morgan fingerprint density at radius 2 is 2.03 bits per heavy atom. The lowest BCUT2D eigenvalue weighted by atomic mass is 9.87. The average molecular weight is 440 g/mol. The molecule has 160 valence electrons. The van der Waals surface area contributed by atoms with E-state index in [0.717, 1.165) is 23.1 Å². The maximum atomic E-state index is 13.5. The number of hydrogen-bond acceptors (Lipinski definition) is 5. The predicted octanol–water partition coefficient (Wildman–Crippen LogP) is 4.44. The largest absolute Gasteiger partial charge is 0.486 e. The molecule has 0 aliphatic carbocycles. The first-order valence-electron chi connectivity index (χ1n) is 9.94. The summed E-state index contributed by atoms with van der Waals surface area (Å²) in [5, 5.41) is 11.0. The Hall–Kier alpha value is -3.26.